The monoisotopic (exact) mass is 330 g/mol. The van der Waals surface area contributed by atoms with E-state index in [2.05, 4.69) is 24.0 Å². The summed E-state index contributed by atoms with van der Waals surface area (Å²) in [6.45, 7) is 8.87. The van der Waals surface area contributed by atoms with Crippen LogP contribution in [0.3, 0.4) is 0 Å². The maximum Gasteiger partial charge on any atom is 0.416 e. The predicted molar refractivity (Wildman–Crippen MR) is 91.2 cm³/mol. The lowest BCUT2D eigenvalue weighted by atomic mass is 9.95. The predicted octanol–water partition coefficient (Wildman–Crippen LogP) is 2.76. The largest absolute Gasteiger partial charge is 0.447 e. The van der Waals surface area contributed by atoms with Crippen LogP contribution in [-0.4, -0.2) is 47.5 Å². The number of hydrogen-bond donors (Lipinski definition) is 0. The lowest BCUT2D eigenvalue weighted by Gasteiger charge is -2.26. The molecule has 2 heterocycles. The fraction of sp³-hybridized carbons (Fsp3) is 0.579. The van der Waals surface area contributed by atoms with Gasteiger partial charge in [0.1, 0.15) is 6.61 Å². The minimum atomic E-state index is -0.479. The van der Waals surface area contributed by atoms with Gasteiger partial charge in [-0.2, -0.15) is 0 Å². The standard InChI is InChI=1S/C19H26N2O3/c1-13(2)17-12-24-19(23)21(17)18(22)16-11-20(9-14(16)3)10-15-7-5-4-6-8-15/h4-8,13-14,16-17H,9-12H2,1-3H3. The SMILES string of the molecule is CC(C)C1COC(=O)N1C(=O)C1CN(Cc2ccccc2)CC1C. The van der Waals surface area contributed by atoms with Crippen molar-refractivity contribution in [3.63, 3.8) is 0 Å². The number of nitrogens with zero attached hydrogens (tertiary/aromatic N) is 2. The number of benzene rings is 1. The first-order chi connectivity index (χ1) is 11.5. The Morgan fingerprint density at radius 1 is 1.25 bits per heavy atom. The second-order valence-corrected chi connectivity index (χ2v) is 7.36. The number of likely N-dealkylation sites (tertiary alicyclic amines) is 1. The Morgan fingerprint density at radius 2 is 1.96 bits per heavy atom. The number of imide groups is 1. The summed E-state index contributed by atoms with van der Waals surface area (Å²) in [5, 5.41) is 0. The van der Waals surface area contributed by atoms with Gasteiger partial charge in [0.05, 0.1) is 12.0 Å². The highest BCUT2D eigenvalue weighted by Crippen LogP contribution is 2.30. The lowest BCUT2D eigenvalue weighted by Crippen LogP contribution is -2.46. The van der Waals surface area contributed by atoms with Crippen LogP contribution in [0, 0.1) is 17.8 Å². The Morgan fingerprint density at radius 3 is 2.62 bits per heavy atom. The topological polar surface area (TPSA) is 49.9 Å². The van der Waals surface area contributed by atoms with Gasteiger partial charge in [-0.15, -0.1) is 0 Å². The van der Waals surface area contributed by atoms with Crippen molar-refractivity contribution < 1.29 is 14.3 Å². The van der Waals surface area contributed by atoms with Crippen molar-refractivity contribution in [1.29, 1.82) is 0 Å². The lowest BCUT2D eigenvalue weighted by molar-refractivity contribution is -0.134. The van der Waals surface area contributed by atoms with Gasteiger partial charge in [0.15, 0.2) is 0 Å². The summed E-state index contributed by atoms with van der Waals surface area (Å²) < 4.78 is 5.13. The van der Waals surface area contributed by atoms with E-state index in [1.165, 1.54) is 10.5 Å². The van der Waals surface area contributed by atoms with Crippen LogP contribution >= 0.6 is 0 Å². The number of rotatable bonds is 4. The van der Waals surface area contributed by atoms with Crippen LogP contribution < -0.4 is 0 Å². The van der Waals surface area contributed by atoms with Crippen LogP contribution in [0.25, 0.3) is 0 Å². The molecule has 0 radical (unpaired) electrons. The molecular formula is C19H26N2O3. The fourth-order valence-electron chi connectivity index (χ4n) is 3.72. The number of carbonyl (C=O) groups is 2. The van der Waals surface area contributed by atoms with E-state index in [-0.39, 0.29) is 29.7 Å². The Bertz CT molecular complexity index is 602. The van der Waals surface area contributed by atoms with Crippen LogP contribution in [0.1, 0.15) is 26.3 Å². The molecule has 24 heavy (non-hydrogen) atoms. The van der Waals surface area contributed by atoms with Crippen molar-refractivity contribution in [2.75, 3.05) is 19.7 Å². The molecule has 2 aliphatic heterocycles. The first-order valence-electron chi connectivity index (χ1n) is 8.73. The van der Waals surface area contributed by atoms with Gasteiger partial charge in [0.2, 0.25) is 5.91 Å². The molecule has 5 heteroatoms. The molecule has 0 N–H and O–H groups in total. The summed E-state index contributed by atoms with van der Waals surface area (Å²) in [7, 11) is 0. The van der Waals surface area contributed by atoms with E-state index in [9.17, 15) is 9.59 Å². The molecule has 0 aliphatic carbocycles. The Balaban J connectivity index is 1.68. The fourth-order valence-corrected chi connectivity index (χ4v) is 3.72. The summed E-state index contributed by atoms with van der Waals surface area (Å²) in [4.78, 5) is 28.7. The Hall–Kier alpha value is -1.88. The van der Waals surface area contributed by atoms with Crippen molar-refractivity contribution in [2.24, 2.45) is 17.8 Å². The third-order valence-corrected chi connectivity index (χ3v) is 5.17. The average Bonchev–Trinajstić information content (AvgIpc) is 3.11. The summed E-state index contributed by atoms with van der Waals surface area (Å²) in [6.07, 6.45) is -0.479. The molecule has 1 aromatic carbocycles. The third-order valence-electron chi connectivity index (χ3n) is 5.17. The second-order valence-electron chi connectivity index (χ2n) is 7.36. The molecule has 3 atom stereocenters. The number of hydrogen-bond acceptors (Lipinski definition) is 4. The molecule has 3 rings (SSSR count). The highest BCUT2D eigenvalue weighted by atomic mass is 16.6. The molecule has 0 bridgehead atoms. The van der Waals surface area contributed by atoms with Gasteiger partial charge in [-0.05, 0) is 17.4 Å². The zero-order chi connectivity index (χ0) is 17.3. The van der Waals surface area contributed by atoms with Crippen molar-refractivity contribution in [3.05, 3.63) is 35.9 Å². The first-order valence-corrected chi connectivity index (χ1v) is 8.73. The van der Waals surface area contributed by atoms with Gasteiger partial charge < -0.3 is 4.74 Å². The van der Waals surface area contributed by atoms with Crippen LogP contribution in [-0.2, 0) is 16.1 Å². The zero-order valence-electron chi connectivity index (χ0n) is 14.6. The van der Waals surface area contributed by atoms with E-state index in [1.807, 2.05) is 32.0 Å². The third kappa shape index (κ3) is 3.31. The summed E-state index contributed by atoms with van der Waals surface area (Å²) >= 11 is 0. The van der Waals surface area contributed by atoms with E-state index in [0.29, 0.717) is 13.2 Å². The molecule has 2 amide bonds. The van der Waals surface area contributed by atoms with Gasteiger partial charge in [0.25, 0.3) is 0 Å². The summed E-state index contributed by atoms with van der Waals surface area (Å²) in [5.41, 5.74) is 1.25. The van der Waals surface area contributed by atoms with E-state index in [0.717, 1.165) is 13.1 Å². The van der Waals surface area contributed by atoms with Crippen LogP contribution in [0.5, 0.6) is 0 Å². The van der Waals surface area contributed by atoms with Gasteiger partial charge in [-0.1, -0.05) is 51.1 Å². The van der Waals surface area contributed by atoms with E-state index < -0.39 is 6.09 Å². The van der Waals surface area contributed by atoms with Crippen molar-refractivity contribution in [3.8, 4) is 0 Å². The number of cyclic esters (lactones) is 1. The van der Waals surface area contributed by atoms with Crippen molar-refractivity contribution in [1.82, 2.24) is 9.80 Å². The number of amides is 2. The highest BCUT2D eigenvalue weighted by molar-refractivity contribution is 5.95. The molecule has 2 aliphatic rings. The van der Waals surface area contributed by atoms with E-state index in [4.69, 9.17) is 4.74 Å². The maximum absolute atomic E-state index is 13.0. The molecule has 2 saturated heterocycles. The Labute approximate surface area is 143 Å². The highest BCUT2D eigenvalue weighted by Gasteiger charge is 2.45. The van der Waals surface area contributed by atoms with Gasteiger partial charge >= 0.3 is 6.09 Å². The quantitative estimate of drug-likeness (QED) is 0.852. The van der Waals surface area contributed by atoms with Crippen LogP contribution in [0.15, 0.2) is 30.3 Å². The van der Waals surface area contributed by atoms with Gasteiger partial charge in [-0.3, -0.25) is 9.69 Å². The second kappa shape index (κ2) is 6.93. The molecular weight excluding hydrogens is 304 g/mol. The molecule has 130 valence electrons. The molecule has 0 spiro atoms. The van der Waals surface area contributed by atoms with Crippen LogP contribution in [0.2, 0.25) is 0 Å². The van der Waals surface area contributed by atoms with Crippen LogP contribution in [0.4, 0.5) is 4.79 Å². The minimum Gasteiger partial charge on any atom is -0.447 e. The molecule has 0 saturated carbocycles. The van der Waals surface area contributed by atoms with Crippen molar-refractivity contribution >= 4 is 12.0 Å². The first kappa shape index (κ1) is 17.0. The summed E-state index contributed by atoms with van der Waals surface area (Å²) in [5.74, 6) is 0.236. The smallest absolute Gasteiger partial charge is 0.416 e. The maximum atomic E-state index is 13.0. The average molecular weight is 330 g/mol. The molecule has 0 aromatic heterocycles. The van der Waals surface area contributed by atoms with E-state index in [1.54, 1.807) is 0 Å². The molecule has 1 aromatic rings. The van der Waals surface area contributed by atoms with Gasteiger partial charge in [0, 0.05) is 19.6 Å². The van der Waals surface area contributed by atoms with E-state index >= 15 is 0 Å². The van der Waals surface area contributed by atoms with Crippen molar-refractivity contribution in [2.45, 2.75) is 33.4 Å². The number of ether oxygens (including phenoxy) is 1. The summed E-state index contributed by atoms with van der Waals surface area (Å²) in [6, 6.07) is 10.1. The molecule has 5 nitrogen and oxygen atoms in total. The van der Waals surface area contributed by atoms with Gasteiger partial charge in [-0.25, -0.2) is 9.69 Å². The number of carbonyl (C=O) groups excluding carboxylic acids is 2. The molecule has 3 unspecified atom stereocenters. The zero-order valence-corrected chi connectivity index (χ0v) is 14.6. The molecule has 2 fully saturated rings. The minimum absolute atomic E-state index is 0.0701. The normalized spacial score (nSPS) is 27.8. The Kier molecular flexibility index (Phi) is 4.90.